The molecule has 0 aliphatic heterocycles. The van der Waals surface area contributed by atoms with Crippen molar-refractivity contribution < 1.29 is 4.79 Å². The minimum Gasteiger partial charge on any atom is -0.294 e. The third-order valence-electron chi connectivity index (χ3n) is 7.51. The first-order valence-corrected chi connectivity index (χ1v) is 9.53. The van der Waals surface area contributed by atoms with Crippen molar-refractivity contribution in [2.24, 2.45) is 28.6 Å². The lowest BCUT2D eigenvalue weighted by atomic mass is 9.13. The highest BCUT2D eigenvalue weighted by Gasteiger charge is 2.89. The number of ketones is 1. The summed E-state index contributed by atoms with van der Waals surface area (Å²) in [6.45, 7) is 2.04. The fourth-order valence-electron chi connectivity index (χ4n) is 6.70. The fraction of sp³-hybridized carbons (Fsp3) is 0.476. The molecule has 4 saturated carbocycles. The first kappa shape index (κ1) is 14.2. The summed E-state index contributed by atoms with van der Waals surface area (Å²) in [4.78, 5) is 13.0. The van der Waals surface area contributed by atoms with Gasteiger partial charge in [-0.1, -0.05) is 52.3 Å². The van der Waals surface area contributed by atoms with E-state index in [0.717, 1.165) is 33.4 Å². The minimum absolute atomic E-state index is 0.0437. The predicted molar refractivity (Wildman–Crippen MR) is 95.9 cm³/mol. The largest absolute Gasteiger partial charge is 0.294 e. The number of benzene rings is 1. The summed E-state index contributed by atoms with van der Waals surface area (Å²) in [7, 11) is 0. The summed E-state index contributed by atoms with van der Waals surface area (Å²) in [6.07, 6.45) is 9.06. The molecule has 0 saturated heterocycles. The van der Waals surface area contributed by atoms with Crippen molar-refractivity contribution in [2.75, 3.05) is 0 Å². The summed E-state index contributed by atoms with van der Waals surface area (Å²) < 4.78 is 1.08. The number of halogens is 1. The monoisotopic (exact) mass is 368 g/mol. The number of hydrogen-bond donors (Lipinski definition) is 0. The molecule has 2 atom stereocenters. The van der Waals surface area contributed by atoms with Crippen LogP contribution in [-0.2, 0) is 4.79 Å². The molecule has 4 aliphatic carbocycles. The first-order valence-electron chi connectivity index (χ1n) is 8.74. The molecular formula is C21H21BrO. The molecule has 5 rings (SSSR count). The molecule has 0 aromatic heterocycles. The lowest BCUT2D eigenvalue weighted by Crippen LogP contribution is -2.87. The van der Waals surface area contributed by atoms with Gasteiger partial charge in [-0.25, -0.2) is 0 Å². The molecule has 1 aromatic carbocycles. The average molecular weight is 369 g/mol. The summed E-state index contributed by atoms with van der Waals surface area (Å²) in [5, 5.41) is 0. The number of carbonyl (C=O) groups excluding carboxylic acids is 1. The molecule has 0 heterocycles. The van der Waals surface area contributed by atoms with E-state index in [1.165, 1.54) is 25.7 Å². The number of carbonyl (C=O) groups is 1. The smallest absolute Gasteiger partial charge is 0.162 e. The maximum absolute atomic E-state index is 13.0. The van der Waals surface area contributed by atoms with Crippen molar-refractivity contribution >= 4 is 27.3 Å². The Morgan fingerprint density at radius 3 is 2.26 bits per heavy atom. The van der Waals surface area contributed by atoms with Gasteiger partial charge in [-0.3, -0.25) is 4.79 Å². The number of rotatable bonds is 4. The van der Waals surface area contributed by atoms with Crippen LogP contribution >= 0.6 is 15.9 Å². The van der Waals surface area contributed by atoms with Gasteiger partial charge in [-0.15, -0.1) is 0 Å². The van der Waals surface area contributed by atoms with E-state index in [0.29, 0.717) is 11.2 Å². The Kier molecular flexibility index (Phi) is 2.77. The summed E-state index contributed by atoms with van der Waals surface area (Å²) in [6, 6.07) is 10.3. The van der Waals surface area contributed by atoms with Crippen molar-refractivity contribution in [2.45, 2.75) is 32.6 Å². The molecule has 1 nitrogen and oxygen atoms in total. The van der Waals surface area contributed by atoms with E-state index in [1.54, 1.807) is 0 Å². The molecule has 2 unspecified atom stereocenters. The van der Waals surface area contributed by atoms with Crippen LogP contribution in [0.1, 0.15) is 38.2 Å². The van der Waals surface area contributed by atoms with Crippen LogP contribution in [0.4, 0.5) is 0 Å². The average Bonchev–Trinajstić information content (AvgIpc) is 2.45. The van der Waals surface area contributed by atoms with Crippen LogP contribution in [-0.4, -0.2) is 5.78 Å². The molecular weight excluding hydrogens is 348 g/mol. The van der Waals surface area contributed by atoms with E-state index in [-0.39, 0.29) is 5.41 Å². The van der Waals surface area contributed by atoms with E-state index in [4.69, 9.17) is 0 Å². The van der Waals surface area contributed by atoms with Gasteiger partial charge < -0.3 is 0 Å². The summed E-state index contributed by atoms with van der Waals surface area (Å²) in [5.74, 6) is 3.06. The number of allylic oxidation sites excluding steroid dienone is 4. The molecule has 0 bridgehead atoms. The van der Waals surface area contributed by atoms with Gasteiger partial charge >= 0.3 is 0 Å². The lowest BCUT2D eigenvalue weighted by Gasteiger charge is -2.90. The maximum atomic E-state index is 13.0. The Labute approximate surface area is 146 Å². The summed E-state index contributed by atoms with van der Waals surface area (Å²) in [5.41, 5.74) is 2.79. The van der Waals surface area contributed by atoms with E-state index in [9.17, 15) is 4.79 Å². The van der Waals surface area contributed by atoms with E-state index in [1.807, 2.05) is 37.3 Å². The highest BCUT2D eigenvalue weighted by atomic mass is 79.9. The Morgan fingerprint density at radius 2 is 1.74 bits per heavy atom. The van der Waals surface area contributed by atoms with Gasteiger partial charge in [0.2, 0.25) is 0 Å². The molecule has 1 aromatic rings. The molecule has 2 heteroatoms. The SMILES string of the molecule is C/C(Br)=C(\C=C\C(=O)C12CC3CC4CC(C1)C432)c1ccccc1. The van der Waals surface area contributed by atoms with Gasteiger partial charge in [0.15, 0.2) is 5.78 Å². The Hall–Kier alpha value is -1.15. The molecule has 1 spiro atoms. The zero-order valence-electron chi connectivity index (χ0n) is 13.4. The Morgan fingerprint density at radius 1 is 1.09 bits per heavy atom. The molecule has 23 heavy (non-hydrogen) atoms. The highest BCUT2D eigenvalue weighted by Crippen LogP contribution is 2.93. The normalized spacial score (nSPS) is 43.1. The maximum Gasteiger partial charge on any atom is 0.162 e. The van der Waals surface area contributed by atoms with Gasteiger partial charge in [0.25, 0.3) is 0 Å². The number of hydrogen-bond acceptors (Lipinski definition) is 1. The van der Waals surface area contributed by atoms with Gasteiger partial charge in [0.05, 0.1) is 0 Å². The highest BCUT2D eigenvalue weighted by molar-refractivity contribution is 9.11. The van der Waals surface area contributed by atoms with Crippen LogP contribution < -0.4 is 0 Å². The second-order valence-electron chi connectivity index (χ2n) is 8.00. The molecule has 0 N–H and O–H groups in total. The molecule has 0 amide bonds. The Bertz CT molecular complexity index is 728. The van der Waals surface area contributed by atoms with Crippen LogP contribution in [0.25, 0.3) is 5.57 Å². The third-order valence-corrected chi connectivity index (χ3v) is 7.94. The standard InChI is InChI=1S/C21H21BrO/c1-13(22)18(14-5-3-2-4-6-14)7-8-19(23)20-11-16-9-15-10-17(12-20)21(15,16)20/h2-8,15-17H,9-12H2,1H3/b8-7+,18-13-. The van der Waals surface area contributed by atoms with Crippen LogP contribution in [0.15, 0.2) is 47.0 Å². The lowest BCUT2D eigenvalue weighted by molar-refractivity contribution is -0.411. The van der Waals surface area contributed by atoms with Gasteiger partial charge in [-0.2, -0.15) is 0 Å². The third kappa shape index (κ3) is 1.48. The quantitative estimate of drug-likeness (QED) is 0.515. The second kappa shape index (κ2) is 4.47. The van der Waals surface area contributed by atoms with Crippen molar-refractivity contribution in [3.63, 3.8) is 0 Å². The molecule has 118 valence electrons. The second-order valence-corrected chi connectivity index (χ2v) is 9.19. The van der Waals surface area contributed by atoms with Gasteiger partial charge in [0, 0.05) is 5.41 Å². The molecule has 4 fully saturated rings. The van der Waals surface area contributed by atoms with E-state index in [2.05, 4.69) is 28.1 Å². The van der Waals surface area contributed by atoms with E-state index >= 15 is 0 Å². The fourth-order valence-corrected chi connectivity index (χ4v) is 7.06. The van der Waals surface area contributed by atoms with Gasteiger partial charge in [-0.05, 0) is 77.5 Å². The predicted octanol–water partition coefficient (Wildman–Crippen LogP) is 5.37. The van der Waals surface area contributed by atoms with Crippen LogP contribution in [0, 0.1) is 28.6 Å². The minimum atomic E-state index is 0.0437. The zero-order chi connectivity index (χ0) is 15.8. The van der Waals surface area contributed by atoms with Crippen molar-refractivity contribution in [3.05, 3.63) is 52.5 Å². The molecule has 0 radical (unpaired) electrons. The first-order chi connectivity index (χ1) is 11.1. The zero-order valence-corrected chi connectivity index (χ0v) is 15.0. The Balaban J connectivity index is 1.40. The van der Waals surface area contributed by atoms with Gasteiger partial charge in [0.1, 0.15) is 0 Å². The van der Waals surface area contributed by atoms with Crippen molar-refractivity contribution in [1.29, 1.82) is 0 Å². The van der Waals surface area contributed by atoms with E-state index < -0.39 is 0 Å². The summed E-state index contributed by atoms with van der Waals surface area (Å²) >= 11 is 3.60. The van der Waals surface area contributed by atoms with Crippen LogP contribution in [0.2, 0.25) is 0 Å². The van der Waals surface area contributed by atoms with Crippen molar-refractivity contribution in [1.82, 2.24) is 0 Å². The molecule has 4 aliphatic rings. The topological polar surface area (TPSA) is 17.1 Å². The van der Waals surface area contributed by atoms with Crippen LogP contribution in [0.3, 0.4) is 0 Å². The van der Waals surface area contributed by atoms with Crippen molar-refractivity contribution in [3.8, 4) is 0 Å². The van der Waals surface area contributed by atoms with Crippen LogP contribution in [0.5, 0.6) is 0 Å².